The Morgan fingerprint density at radius 2 is 1.57 bits per heavy atom. The SMILES string of the molecule is B.CCP(Cl)CC. The topological polar surface area (TPSA) is 0 Å². The van der Waals surface area contributed by atoms with Crippen LogP contribution in [-0.4, -0.2) is 20.7 Å². The highest BCUT2D eigenvalue weighted by atomic mass is 35.7. The van der Waals surface area contributed by atoms with Crippen molar-refractivity contribution in [2.24, 2.45) is 0 Å². The molecule has 0 aromatic heterocycles. The van der Waals surface area contributed by atoms with Gasteiger partial charge in [-0.15, -0.1) is 0 Å². The summed E-state index contributed by atoms with van der Waals surface area (Å²) in [6, 6.07) is 0. The molecule has 0 spiro atoms. The van der Waals surface area contributed by atoms with E-state index in [0.29, 0.717) is 0 Å². The van der Waals surface area contributed by atoms with Crippen molar-refractivity contribution in [3.63, 3.8) is 0 Å². The highest BCUT2D eigenvalue weighted by Gasteiger charge is 1.91. The van der Waals surface area contributed by atoms with Crippen molar-refractivity contribution in [1.29, 1.82) is 0 Å². The third-order valence-electron chi connectivity index (χ3n) is 0.686. The van der Waals surface area contributed by atoms with E-state index in [1.807, 2.05) is 0 Å². The lowest BCUT2D eigenvalue weighted by molar-refractivity contribution is 1.44. The van der Waals surface area contributed by atoms with Crippen LogP contribution in [0, 0.1) is 0 Å². The summed E-state index contributed by atoms with van der Waals surface area (Å²) in [4.78, 5) is 0. The molecule has 0 atom stereocenters. The molecule has 0 radical (unpaired) electrons. The lowest BCUT2D eigenvalue weighted by atomic mass is 10.8. The average molecular weight is 138 g/mol. The fraction of sp³-hybridized carbons (Fsp3) is 1.00. The first-order valence-corrected chi connectivity index (χ1v) is 4.83. The smallest absolute Gasteiger partial charge is 0.0814 e. The van der Waals surface area contributed by atoms with E-state index in [2.05, 4.69) is 13.8 Å². The molecule has 0 saturated carbocycles. The molecule has 0 rings (SSSR count). The van der Waals surface area contributed by atoms with Crippen LogP contribution in [0.25, 0.3) is 0 Å². The van der Waals surface area contributed by atoms with E-state index in [9.17, 15) is 0 Å². The van der Waals surface area contributed by atoms with Gasteiger partial charge in [0.15, 0.2) is 0 Å². The van der Waals surface area contributed by atoms with Crippen LogP contribution < -0.4 is 0 Å². The quantitative estimate of drug-likeness (QED) is 0.400. The molecule has 0 fully saturated rings. The first-order valence-electron chi connectivity index (χ1n) is 2.22. The molecule has 0 aromatic rings. The summed E-state index contributed by atoms with van der Waals surface area (Å²) in [5, 5.41) is 0. The van der Waals surface area contributed by atoms with E-state index >= 15 is 0 Å². The number of halogens is 1. The molecule has 0 unspecified atom stereocenters. The first kappa shape index (κ1) is 10.7. The maximum absolute atomic E-state index is 5.71. The van der Waals surface area contributed by atoms with Crippen LogP contribution in [0.15, 0.2) is 0 Å². The van der Waals surface area contributed by atoms with Gasteiger partial charge in [-0.1, -0.05) is 25.1 Å². The lowest BCUT2D eigenvalue weighted by Gasteiger charge is -1.96. The fourth-order valence-electron chi connectivity index (χ4n) is 0.224. The van der Waals surface area contributed by atoms with Gasteiger partial charge in [-0.05, 0) is 19.6 Å². The van der Waals surface area contributed by atoms with Crippen LogP contribution >= 0.6 is 18.5 Å². The Hall–Kier alpha value is 0.785. The minimum Gasteiger partial charge on any atom is -0.0965 e. The average Bonchev–Trinajstić information content (AvgIpc) is 1.65. The van der Waals surface area contributed by atoms with Crippen molar-refractivity contribution in [2.75, 3.05) is 12.3 Å². The first-order chi connectivity index (χ1) is 2.81. The van der Waals surface area contributed by atoms with Crippen LogP contribution in [-0.2, 0) is 0 Å². The Kier molecular flexibility index (Phi) is 10.4. The minimum atomic E-state index is -0.104. The van der Waals surface area contributed by atoms with Crippen molar-refractivity contribution in [3.05, 3.63) is 0 Å². The largest absolute Gasteiger partial charge is 0.0965 e. The molecular weight excluding hydrogens is 125 g/mol. The summed E-state index contributed by atoms with van der Waals surface area (Å²) in [6.45, 7) is 4.25. The molecule has 0 aliphatic rings. The van der Waals surface area contributed by atoms with Crippen LogP contribution in [0.1, 0.15) is 13.8 Å². The van der Waals surface area contributed by atoms with E-state index in [-0.39, 0.29) is 15.7 Å². The number of hydrogen-bond donors (Lipinski definition) is 0. The molecule has 0 aromatic carbocycles. The molecule has 44 valence electrons. The van der Waals surface area contributed by atoms with E-state index < -0.39 is 0 Å². The summed E-state index contributed by atoms with van der Waals surface area (Å²) in [6.07, 6.45) is 2.32. The van der Waals surface area contributed by atoms with Gasteiger partial charge in [0, 0.05) is 0 Å². The maximum atomic E-state index is 5.71. The van der Waals surface area contributed by atoms with Crippen molar-refractivity contribution < 1.29 is 0 Å². The fourth-order valence-corrected chi connectivity index (χ4v) is 0.671. The van der Waals surface area contributed by atoms with E-state index in [0.717, 1.165) is 12.3 Å². The van der Waals surface area contributed by atoms with Gasteiger partial charge >= 0.3 is 0 Å². The zero-order valence-electron chi connectivity index (χ0n) is 4.24. The Labute approximate surface area is 53.8 Å². The highest BCUT2D eigenvalue weighted by Crippen LogP contribution is 2.39. The zero-order valence-corrected chi connectivity index (χ0v) is 5.89. The summed E-state index contributed by atoms with van der Waals surface area (Å²) in [5.41, 5.74) is 0. The van der Waals surface area contributed by atoms with E-state index in [1.54, 1.807) is 0 Å². The Balaban J connectivity index is 0. The monoisotopic (exact) mass is 138 g/mol. The van der Waals surface area contributed by atoms with Crippen molar-refractivity contribution >= 4 is 26.9 Å². The third-order valence-corrected chi connectivity index (χ3v) is 3.49. The Bertz CT molecular complexity index is 30.9. The molecule has 0 amide bonds. The molecule has 0 saturated heterocycles. The van der Waals surface area contributed by atoms with Crippen LogP contribution in [0.2, 0.25) is 0 Å². The summed E-state index contributed by atoms with van der Waals surface area (Å²) >= 11 is 5.71. The molecule has 0 bridgehead atoms. The maximum Gasteiger partial charge on any atom is 0.0814 e. The van der Waals surface area contributed by atoms with Gasteiger partial charge in [-0.2, -0.15) is 0 Å². The second kappa shape index (κ2) is 6.78. The molecule has 0 heterocycles. The Morgan fingerprint density at radius 3 is 1.57 bits per heavy atom. The Morgan fingerprint density at radius 1 is 1.29 bits per heavy atom. The molecule has 0 nitrogen and oxygen atoms in total. The van der Waals surface area contributed by atoms with Gasteiger partial charge in [0.25, 0.3) is 0 Å². The molecule has 0 aliphatic heterocycles. The third kappa shape index (κ3) is 6.78. The normalized spacial score (nSPS) is 8.57. The number of hydrogen-bond acceptors (Lipinski definition) is 0. The molecule has 3 heteroatoms. The van der Waals surface area contributed by atoms with E-state index in [1.165, 1.54) is 0 Å². The summed E-state index contributed by atoms with van der Waals surface area (Å²) < 4.78 is 0. The second-order valence-corrected chi connectivity index (χ2v) is 4.72. The van der Waals surface area contributed by atoms with Gasteiger partial charge in [-0.3, -0.25) is 0 Å². The predicted molar refractivity (Wildman–Crippen MR) is 43.8 cm³/mol. The van der Waals surface area contributed by atoms with Crippen molar-refractivity contribution in [2.45, 2.75) is 13.8 Å². The molecular formula is C4H13BClP. The number of rotatable bonds is 2. The summed E-state index contributed by atoms with van der Waals surface area (Å²) in [7, 11) is -0.104. The highest BCUT2D eigenvalue weighted by molar-refractivity contribution is 7.83. The van der Waals surface area contributed by atoms with Gasteiger partial charge < -0.3 is 0 Å². The van der Waals surface area contributed by atoms with Gasteiger partial charge in [0.2, 0.25) is 0 Å². The lowest BCUT2D eigenvalue weighted by Crippen LogP contribution is -1.69. The zero-order chi connectivity index (χ0) is 4.99. The van der Waals surface area contributed by atoms with Gasteiger partial charge in [0.1, 0.15) is 0 Å². The van der Waals surface area contributed by atoms with Crippen LogP contribution in [0.3, 0.4) is 0 Å². The molecule has 0 N–H and O–H groups in total. The van der Waals surface area contributed by atoms with Crippen molar-refractivity contribution in [1.82, 2.24) is 0 Å². The molecule has 0 aliphatic carbocycles. The van der Waals surface area contributed by atoms with Crippen LogP contribution in [0.4, 0.5) is 0 Å². The van der Waals surface area contributed by atoms with Gasteiger partial charge in [0.05, 0.1) is 8.41 Å². The van der Waals surface area contributed by atoms with E-state index in [4.69, 9.17) is 11.2 Å². The standard InChI is InChI=1S/C4H10ClP.BH3/c1-3-6(5)4-2;/h3-4H2,1-2H3;1H3. The predicted octanol–water partition coefficient (Wildman–Crippen LogP) is 1.48. The minimum absolute atomic E-state index is 0. The molecule has 7 heavy (non-hydrogen) atoms. The summed E-state index contributed by atoms with van der Waals surface area (Å²) in [5.74, 6) is 0. The second-order valence-electron chi connectivity index (χ2n) is 1.10. The van der Waals surface area contributed by atoms with Crippen LogP contribution in [0.5, 0.6) is 0 Å². The van der Waals surface area contributed by atoms with Gasteiger partial charge in [-0.25, -0.2) is 0 Å². The van der Waals surface area contributed by atoms with Crippen molar-refractivity contribution in [3.8, 4) is 0 Å².